The Labute approximate surface area is 173 Å². The molecule has 0 bridgehead atoms. The summed E-state index contributed by atoms with van der Waals surface area (Å²) in [6, 6.07) is 9.32. The van der Waals surface area contributed by atoms with E-state index in [2.05, 4.69) is 22.3 Å². The van der Waals surface area contributed by atoms with Gasteiger partial charge in [0.15, 0.2) is 11.5 Å². The zero-order valence-corrected chi connectivity index (χ0v) is 16.8. The summed E-state index contributed by atoms with van der Waals surface area (Å²) in [5.74, 6) is 0.189. The second-order valence-corrected chi connectivity index (χ2v) is 8.19. The van der Waals surface area contributed by atoms with Gasteiger partial charge in [-0.2, -0.15) is 0 Å². The first kappa shape index (κ1) is 18.7. The summed E-state index contributed by atoms with van der Waals surface area (Å²) in [7, 11) is 0. The molecule has 7 nitrogen and oxygen atoms in total. The SMILES string of the molecule is CC1CCCN(c2cc(NCCC(=O)O)c3c4c(onc24)-c2ccccc2C3=O)C1. The molecular weight excluding hydrogens is 382 g/mol. The maximum absolute atomic E-state index is 13.4. The molecule has 30 heavy (non-hydrogen) atoms. The number of hydrogen-bond donors (Lipinski definition) is 2. The molecular formula is C23H23N3O4. The van der Waals surface area contributed by atoms with Gasteiger partial charge in [0.1, 0.15) is 5.52 Å². The lowest BCUT2D eigenvalue weighted by molar-refractivity contribution is -0.136. The molecule has 2 heterocycles. The van der Waals surface area contributed by atoms with E-state index >= 15 is 0 Å². The molecule has 154 valence electrons. The highest BCUT2D eigenvalue weighted by Crippen LogP contribution is 2.46. The average molecular weight is 405 g/mol. The van der Waals surface area contributed by atoms with E-state index in [0.29, 0.717) is 39.4 Å². The minimum Gasteiger partial charge on any atom is -0.481 e. The molecule has 1 aliphatic carbocycles. The monoisotopic (exact) mass is 405 g/mol. The quantitative estimate of drug-likeness (QED) is 0.515. The molecule has 0 saturated carbocycles. The number of benzene rings is 2. The Morgan fingerprint density at radius 3 is 2.90 bits per heavy atom. The molecule has 1 unspecified atom stereocenters. The van der Waals surface area contributed by atoms with Gasteiger partial charge >= 0.3 is 5.97 Å². The van der Waals surface area contributed by atoms with Gasteiger partial charge in [0, 0.05) is 36.4 Å². The number of aliphatic carboxylic acids is 1. The number of nitrogens with one attached hydrogen (secondary N) is 1. The number of fused-ring (bicyclic) bond motifs is 2. The zero-order valence-electron chi connectivity index (χ0n) is 16.8. The summed E-state index contributed by atoms with van der Waals surface area (Å²) in [5, 5.41) is 17.3. The average Bonchev–Trinajstić information content (AvgIpc) is 3.17. The van der Waals surface area contributed by atoms with Crippen molar-refractivity contribution in [3.05, 3.63) is 41.5 Å². The van der Waals surface area contributed by atoms with Crippen LogP contribution in [0.5, 0.6) is 0 Å². The van der Waals surface area contributed by atoms with Gasteiger partial charge in [0.25, 0.3) is 0 Å². The molecule has 2 N–H and O–H groups in total. The fraction of sp³-hybridized carbons (Fsp3) is 0.348. The van der Waals surface area contributed by atoms with Crippen LogP contribution in [0.1, 0.15) is 42.1 Å². The standard InChI is InChI=1S/C23H23N3O4/c1-13-5-4-10-26(12-13)17-11-16(24-9-8-18(27)28)19-20-21(17)25-30-23(20)15-7-3-2-6-14(15)22(19)29/h2-3,6-7,11,13,24H,4-5,8-10,12H2,1H3,(H,27,28). The van der Waals surface area contributed by atoms with Crippen molar-refractivity contribution in [2.24, 2.45) is 5.92 Å². The lowest BCUT2D eigenvalue weighted by atomic mass is 9.86. The fourth-order valence-electron chi connectivity index (χ4n) is 4.64. The number of aromatic nitrogens is 1. The van der Waals surface area contributed by atoms with E-state index in [0.717, 1.165) is 30.8 Å². The molecule has 1 aromatic heterocycles. The first-order chi connectivity index (χ1) is 14.5. The first-order valence-electron chi connectivity index (χ1n) is 10.4. The molecule has 2 aromatic carbocycles. The highest BCUT2D eigenvalue weighted by Gasteiger charge is 2.34. The minimum atomic E-state index is -0.885. The van der Waals surface area contributed by atoms with E-state index in [1.165, 1.54) is 6.42 Å². The van der Waals surface area contributed by atoms with Gasteiger partial charge in [-0.3, -0.25) is 9.59 Å². The van der Waals surface area contributed by atoms with Crippen LogP contribution in [0.3, 0.4) is 0 Å². The molecule has 0 radical (unpaired) electrons. The van der Waals surface area contributed by atoms with Crippen molar-refractivity contribution in [3.8, 4) is 11.3 Å². The Balaban J connectivity index is 1.71. The molecule has 1 atom stereocenters. The van der Waals surface area contributed by atoms with Gasteiger partial charge in [0.05, 0.1) is 23.1 Å². The molecule has 1 saturated heterocycles. The number of anilines is 2. The number of hydrogen-bond acceptors (Lipinski definition) is 6. The topological polar surface area (TPSA) is 95.7 Å². The van der Waals surface area contributed by atoms with Gasteiger partial charge in [-0.25, -0.2) is 0 Å². The Kier molecular flexibility index (Phi) is 4.46. The van der Waals surface area contributed by atoms with Crippen LogP contribution < -0.4 is 10.2 Å². The van der Waals surface area contributed by atoms with E-state index in [1.54, 1.807) is 6.07 Å². The number of carboxylic acids is 1. The summed E-state index contributed by atoms with van der Waals surface area (Å²) < 4.78 is 5.78. The van der Waals surface area contributed by atoms with Crippen molar-refractivity contribution in [2.75, 3.05) is 29.9 Å². The van der Waals surface area contributed by atoms with E-state index in [4.69, 9.17) is 9.63 Å². The lowest BCUT2D eigenvalue weighted by Crippen LogP contribution is -2.34. The summed E-state index contributed by atoms with van der Waals surface area (Å²) >= 11 is 0. The minimum absolute atomic E-state index is 0.0329. The molecule has 7 heteroatoms. The van der Waals surface area contributed by atoms with Crippen LogP contribution in [0.2, 0.25) is 0 Å². The number of carbonyl (C=O) groups excluding carboxylic acids is 1. The van der Waals surface area contributed by atoms with Gasteiger partial charge in [-0.05, 0) is 24.8 Å². The third-order valence-electron chi connectivity index (χ3n) is 6.03. The van der Waals surface area contributed by atoms with E-state index in [-0.39, 0.29) is 18.7 Å². The normalized spacial score (nSPS) is 17.8. The van der Waals surface area contributed by atoms with Crippen molar-refractivity contribution >= 4 is 34.0 Å². The summed E-state index contributed by atoms with van der Waals surface area (Å²) in [6.45, 7) is 4.30. The predicted octanol–water partition coefficient (Wildman–Crippen LogP) is 4.16. The van der Waals surface area contributed by atoms with Crippen molar-refractivity contribution in [1.82, 2.24) is 5.16 Å². The fourth-order valence-corrected chi connectivity index (χ4v) is 4.64. The maximum Gasteiger partial charge on any atom is 0.305 e. The number of ketones is 1. The number of rotatable bonds is 5. The predicted molar refractivity (Wildman–Crippen MR) is 114 cm³/mol. The molecule has 0 amide bonds. The smallest absolute Gasteiger partial charge is 0.305 e. The lowest BCUT2D eigenvalue weighted by Gasteiger charge is -2.33. The number of nitrogens with zero attached hydrogens (tertiary/aromatic N) is 2. The van der Waals surface area contributed by atoms with Gasteiger partial charge < -0.3 is 19.8 Å². The van der Waals surface area contributed by atoms with Crippen LogP contribution in [0.4, 0.5) is 11.4 Å². The van der Waals surface area contributed by atoms with Gasteiger partial charge in [0.2, 0.25) is 0 Å². The highest BCUT2D eigenvalue weighted by molar-refractivity contribution is 6.28. The Bertz CT molecular complexity index is 1170. The highest BCUT2D eigenvalue weighted by atomic mass is 16.5. The van der Waals surface area contributed by atoms with E-state index in [1.807, 2.05) is 24.3 Å². The Morgan fingerprint density at radius 2 is 2.13 bits per heavy atom. The molecule has 5 rings (SSSR count). The Morgan fingerprint density at radius 1 is 1.33 bits per heavy atom. The van der Waals surface area contributed by atoms with E-state index < -0.39 is 5.97 Å². The second-order valence-electron chi connectivity index (χ2n) is 8.19. The van der Waals surface area contributed by atoms with Crippen LogP contribution in [-0.2, 0) is 4.79 Å². The third kappa shape index (κ3) is 2.93. The summed E-state index contributed by atoms with van der Waals surface area (Å²) in [5.41, 5.74) is 4.10. The van der Waals surface area contributed by atoms with Crippen LogP contribution in [0.15, 0.2) is 34.9 Å². The van der Waals surface area contributed by atoms with Crippen LogP contribution in [-0.4, -0.2) is 41.7 Å². The largest absolute Gasteiger partial charge is 0.481 e. The number of carbonyl (C=O) groups is 2. The summed E-state index contributed by atoms with van der Waals surface area (Å²) in [6.07, 6.45) is 2.25. The second kappa shape index (κ2) is 7.16. The first-order valence-corrected chi connectivity index (χ1v) is 10.4. The van der Waals surface area contributed by atoms with Gasteiger partial charge in [-0.15, -0.1) is 0 Å². The maximum atomic E-state index is 13.4. The molecule has 2 aliphatic rings. The van der Waals surface area contributed by atoms with Crippen molar-refractivity contribution < 1.29 is 19.2 Å². The van der Waals surface area contributed by atoms with Crippen molar-refractivity contribution in [2.45, 2.75) is 26.2 Å². The van der Waals surface area contributed by atoms with Crippen molar-refractivity contribution in [3.63, 3.8) is 0 Å². The molecule has 1 aliphatic heterocycles. The molecule has 3 aromatic rings. The van der Waals surface area contributed by atoms with Crippen LogP contribution >= 0.6 is 0 Å². The third-order valence-corrected chi connectivity index (χ3v) is 6.03. The van der Waals surface area contributed by atoms with Crippen LogP contribution in [0, 0.1) is 5.92 Å². The zero-order chi connectivity index (χ0) is 20.8. The molecule has 1 fully saturated rings. The van der Waals surface area contributed by atoms with E-state index in [9.17, 15) is 9.59 Å². The number of piperidine rings is 1. The number of carboxylic acid groups (broad SMARTS) is 1. The van der Waals surface area contributed by atoms with Crippen molar-refractivity contribution in [1.29, 1.82) is 0 Å². The molecule has 0 spiro atoms. The van der Waals surface area contributed by atoms with Crippen LogP contribution in [0.25, 0.3) is 22.2 Å². The Hall–Kier alpha value is -3.35. The summed E-state index contributed by atoms with van der Waals surface area (Å²) in [4.78, 5) is 26.7. The van der Waals surface area contributed by atoms with Gasteiger partial charge in [-0.1, -0.05) is 36.3 Å².